The lowest BCUT2D eigenvalue weighted by atomic mass is 10.0. The first kappa shape index (κ1) is 17.8. The van der Waals surface area contributed by atoms with Crippen molar-refractivity contribution in [2.75, 3.05) is 13.2 Å². The molecule has 7 nitrogen and oxygen atoms in total. The fourth-order valence-corrected chi connectivity index (χ4v) is 2.55. The summed E-state index contributed by atoms with van der Waals surface area (Å²) >= 11 is 4.80. The van der Waals surface area contributed by atoms with E-state index in [-0.39, 0.29) is 22.5 Å². The first-order valence-electron chi connectivity index (χ1n) is 7.99. The summed E-state index contributed by atoms with van der Waals surface area (Å²) in [7, 11) is 0. The average molecular weight is 371 g/mol. The van der Waals surface area contributed by atoms with Crippen molar-refractivity contribution in [3.05, 3.63) is 59.9 Å². The molecule has 26 heavy (non-hydrogen) atoms. The summed E-state index contributed by atoms with van der Waals surface area (Å²) in [6.07, 6.45) is 0.599. The van der Waals surface area contributed by atoms with Crippen molar-refractivity contribution < 1.29 is 19.3 Å². The van der Waals surface area contributed by atoms with Crippen LogP contribution in [0.25, 0.3) is 10.8 Å². The summed E-state index contributed by atoms with van der Waals surface area (Å²) in [4.78, 5) is 12.4. The number of carbonyl (C=O) groups is 1. The summed E-state index contributed by atoms with van der Waals surface area (Å²) in [5, 5.41) is 17.2. The van der Waals surface area contributed by atoms with E-state index in [1.54, 1.807) is 5.48 Å². The maximum absolute atomic E-state index is 12.4. The van der Waals surface area contributed by atoms with Gasteiger partial charge >= 0.3 is 0 Å². The van der Waals surface area contributed by atoms with Gasteiger partial charge in [0.05, 0.1) is 12.7 Å². The molecule has 0 aliphatic rings. The smallest absolute Gasteiger partial charge is 0.254 e. The summed E-state index contributed by atoms with van der Waals surface area (Å²) in [5.41, 5.74) is 2.45. The Labute approximate surface area is 154 Å². The van der Waals surface area contributed by atoms with Gasteiger partial charge < -0.3 is 14.6 Å². The van der Waals surface area contributed by atoms with E-state index in [0.29, 0.717) is 25.1 Å². The quantitative estimate of drug-likeness (QED) is 0.334. The Morgan fingerprint density at radius 2 is 2.04 bits per heavy atom. The van der Waals surface area contributed by atoms with Crippen molar-refractivity contribution in [1.29, 1.82) is 0 Å². The van der Waals surface area contributed by atoms with Crippen LogP contribution in [-0.4, -0.2) is 34.4 Å². The number of benzene rings is 2. The number of carbonyl (C=O) groups excluding carboxylic acids is 1. The summed E-state index contributed by atoms with van der Waals surface area (Å²) in [5.74, 6) is 0.352. The highest BCUT2D eigenvalue weighted by molar-refractivity contribution is 7.80. The molecule has 1 heterocycles. The molecular formula is C18H17N3O4S. The van der Waals surface area contributed by atoms with Gasteiger partial charge in [0.25, 0.3) is 11.8 Å². The van der Waals surface area contributed by atoms with Gasteiger partial charge in [0, 0.05) is 12.1 Å². The van der Waals surface area contributed by atoms with Crippen molar-refractivity contribution in [3.63, 3.8) is 0 Å². The standard InChI is InChI=1S/C18H17N3O4S/c22-17(14-8-3-6-12-5-1-2-7-13(12)14)19-9-4-10-24-16-11-15(25-21-16)18(26)20-23/h1-3,5-8,11,23H,4,9-10H2,(H,19,22)(H,20,26). The number of nitrogens with zero attached hydrogens (tertiary/aromatic N) is 1. The van der Waals surface area contributed by atoms with Crippen LogP contribution in [0.4, 0.5) is 0 Å². The Bertz CT molecular complexity index is 920. The highest BCUT2D eigenvalue weighted by atomic mass is 32.1. The molecule has 3 N–H and O–H groups in total. The second-order valence-electron chi connectivity index (χ2n) is 5.45. The van der Waals surface area contributed by atoms with Crippen molar-refractivity contribution in [1.82, 2.24) is 16.0 Å². The van der Waals surface area contributed by atoms with Crippen LogP contribution in [0.5, 0.6) is 5.88 Å². The zero-order chi connectivity index (χ0) is 18.4. The molecule has 0 fully saturated rings. The number of rotatable bonds is 7. The molecule has 3 aromatic rings. The number of nitrogens with one attached hydrogen (secondary N) is 2. The van der Waals surface area contributed by atoms with E-state index in [1.807, 2.05) is 42.5 Å². The fraction of sp³-hybridized carbons (Fsp3) is 0.167. The van der Waals surface area contributed by atoms with E-state index in [4.69, 9.17) is 26.7 Å². The molecule has 0 atom stereocenters. The monoisotopic (exact) mass is 371 g/mol. The fourth-order valence-electron chi connectivity index (χ4n) is 2.46. The Morgan fingerprint density at radius 1 is 1.23 bits per heavy atom. The van der Waals surface area contributed by atoms with Gasteiger partial charge in [-0.15, -0.1) is 0 Å². The minimum Gasteiger partial charge on any atom is -0.475 e. The number of aromatic nitrogens is 1. The van der Waals surface area contributed by atoms with E-state index < -0.39 is 0 Å². The summed E-state index contributed by atoms with van der Waals surface area (Å²) in [6, 6.07) is 14.9. The van der Waals surface area contributed by atoms with Crippen molar-refractivity contribution in [2.45, 2.75) is 6.42 Å². The lowest BCUT2D eigenvalue weighted by Crippen LogP contribution is -2.25. The van der Waals surface area contributed by atoms with Gasteiger partial charge in [-0.1, -0.05) is 48.6 Å². The molecule has 0 spiro atoms. The van der Waals surface area contributed by atoms with Crippen LogP contribution in [0.2, 0.25) is 0 Å². The third-order valence-corrected chi connectivity index (χ3v) is 4.00. The number of amides is 1. The summed E-state index contributed by atoms with van der Waals surface area (Å²) < 4.78 is 10.3. The van der Waals surface area contributed by atoms with Crippen LogP contribution in [-0.2, 0) is 0 Å². The maximum Gasteiger partial charge on any atom is 0.254 e. The minimum absolute atomic E-state index is 0.0229. The Morgan fingerprint density at radius 3 is 2.88 bits per heavy atom. The molecule has 0 unspecified atom stereocenters. The van der Waals surface area contributed by atoms with Gasteiger partial charge in [0.1, 0.15) is 0 Å². The second-order valence-corrected chi connectivity index (χ2v) is 5.86. The second kappa shape index (κ2) is 8.41. The van der Waals surface area contributed by atoms with Crippen LogP contribution in [0.3, 0.4) is 0 Å². The molecule has 0 saturated heterocycles. The van der Waals surface area contributed by atoms with E-state index in [9.17, 15) is 4.79 Å². The number of hydrogen-bond donors (Lipinski definition) is 3. The number of ether oxygens (including phenoxy) is 1. The Balaban J connectivity index is 1.47. The zero-order valence-electron chi connectivity index (χ0n) is 13.8. The molecule has 0 aliphatic heterocycles. The molecule has 0 saturated carbocycles. The van der Waals surface area contributed by atoms with Gasteiger partial charge in [0.15, 0.2) is 10.7 Å². The maximum atomic E-state index is 12.4. The van der Waals surface area contributed by atoms with Crippen LogP contribution >= 0.6 is 12.2 Å². The molecular weight excluding hydrogens is 354 g/mol. The number of hydroxylamine groups is 1. The molecule has 1 aromatic heterocycles. The predicted octanol–water partition coefficient (Wildman–Crippen LogP) is 2.68. The lowest BCUT2D eigenvalue weighted by molar-refractivity contribution is 0.0953. The largest absolute Gasteiger partial charge is 0.475 e. The van der Waals surface area contributed by atoms with E-state index in [1.165, 1.54) is 6.07 Å². The molecule has 0 radical (unpaired) electrons. The van der Waals surface area contributed by atoms with Crippen molar-refractivity contribution in [2.24, 2.45) is 0 Å². The minimum atomic E-state index is -0.120. The highest BCUT2D eigenvalue weighted by Crippen LogP contribution is 2.18. The molecule has 134 valence electrons. The molecule has 8 heteroatoms. The molecule has 3 rings (SSSR count). The first-order valence-corrected chi connectivity index (χ1v) is 8.40. The van der Waals surface area contributed by atoms with Crippen LogP contribution in [0.1, 0.15) is 22.5 Å². The lowest BCUT2D eigenvalue weighted by Gasteiger charge is -2.08. The predicted molar refractivity (Wildman–Crippen MR) is 99.5 cm³/mol. The SMILES string of the molecule is O=C(NCCCOc1cc(C(=S)NO)on1)c1cccc2ccccc12. The molecule has 0 bridgehead atoms. The third-order valence-electron chi connectivity index (χ3n) is 3.70. The summed E-state index contributed by atoms with van der Waals surface area (Å²) in [6.45, 7) is 0.810. The van der Waals surface area contributed by atoms with E-state index in [0.717, 1.165) is 10.8 Å². The molecule has 0 aliphatic carbocycles. The number of fused-ring (bicyclic) bond motifs is 1. The van der Waals surface area contributed by atoms with Crippen LogP contribution in [0.15, 0.2) is 53.1 Å². The van der Waals surface area contributed by atoms with Gasteiger partial charge in [-0.3, -0.25) is 15.5 Å². The number of thiocarbonyl (C=S) groups is 1. The normalized spacial score (nSPS) is 10.5. The molecule has 1 amide bonds. The topological polar surface area (TPSA) is 96.6 Å². The average Bonchev–Trinajstić information content (AvgIpc) is 3.15. The van der Waals surface area contributed by atoms with Gasteiger partial charge in [-0.05, 0) is 28.4 Å². The van der Waals surface area contributed by atoms with Gasteiger partial charge in [-0.25, -0.2) is 0 Å². The van der Waals surface area contributed by atoms with Crippen LogP contribution in [0, 0.1) is 0 Å². The molecule has 2 aromatic carbocycles. The highest BCUT2D eigenvalue weighted by Gasteiger charge is 2.10. The van der Waals surface area contributed by atoms with Gasteiger partial charge in [0.2, 0.25) is 0 Å². The van der Waals surface area contributed by atoms with Crippen molar-refractivity contribution in [3.8, 4) is 5.88 Å². The van der Waals surface area contributed by atoms with Crippen molar-refractivity contribution >= 4 is 33.9 Å². The van der Waals surface area contributed by atoms with Crippen LogP contribution < -0.4 is 15.5 Å². The number of hydrogen-bond acceptors (Lipinski definition) is 6. The Kier molecular flexibility index (Phi) is 5.77. The van der Waals surface area contributed by atoms with Gasteiger partial charge in [-0.2, -0.15) is 0 Å². The van der Waals surface area contributed by atoms with E-state index in [2.05, 4.69) is 10.5 Å². The zero-order valence-corrected chi connectivity index (χ0v) is 14.6. The van der Waals surface area contributed by atoms with E-state index >= 15 is 0 Å². The first-order chi connectivity index (χ1) is 12.7. The Hall–Kier alpha value is -2.97. The third kappa shape index (κ3) is 4.16.